The number of benzene rings is 3. The summed E-state index contributed by atoms with van der Waals surface area (Å²) in [5.41, 5.74) is 2.36. The lowest BCUT2D eigenvalue weighted by atomic mass is 10.1. The van der Waals surface area contributed by atoms with E-state index >= 15 is 0 Å². The predicted octanol–water partition coefficient (Wildman–Crippen LogP) is 5.42. The molecular weight excluding hydrogens is 426 g/mol. The van der Waals surface area contributed by atoms with Gasteiger partial charge >= 0.3 is 6.03 Å². The molecular formula is C25H22ClN3O3. The smallest absolute Gasteiger partial charge is 0.322 e. The number of hydrogen-bond donors (Lipinski definition) is 2. The number of carbonyl (C=O) groups excluding carboxylic acids is 1. The van der Waals surface area contributed by atoms with Crippen LogP contribution in [0.5, 0.6) is 5.75 Å². The first-order valence-corrected chi connectivity index (χ1v) is 10.5. The fourth-order valence-electron chi connectivity index (χ4n) is 3.44. The Bertz CT molecular complexity index is 1300. The normalized spacial score (nSPS) is 10.7. The van der Waals surface area contributed by atoms with Crippen molar-refractivity contribution in [2.24, 2.45) is 0 Å². The zero-order valence-corrected chi connectivity index (χ0v) is 18.2. The third kappa shape index (κ3) is 4.92. The van der Waals surface area contributed by atoms with Gasteiger partial charge in [-0.05, 0) is 41.3 Å². The number of rotatable bonds is 6. The quantitative estimate of drug-likeness (QED) is 0.414. The molecule has 0 spiro atoms. The topological polar surface area (TPSA) is 74.4 Å². The predicted molar refractivity (Wildman–Crippen MR) is 127 cm³/mol. The highest BCUT2D eigenvalue weighted by atomic mass is 35.5. The number of ether oxygens (including phenoxy) is 1. The maximum Gasteiger partial charge on any atom is 0.322 e. The number of nitrogens with one attached hydrogen (secondary N) is 2. The molecule has 0 saturated carbocycles. The van der Waals surface area contributed by atoms with Crippen LogP contribution in [0.2, 0.25) is 5.02 Å². The van der Waals surface area contributed by atoms with Crippen LogP contribution in [0.3, 0.4) is 0 Å². The van der Waals surface area contributed by atoms with Crippen LogP contribution in [0.15, 0.2) is 83.7 Å². The maximum absolute atomic E-state index is 13.2. The Balaban J connectivity index is 1.65. The van der Waals surface area contributed by atoms with Gasteiger partial charge in [0.2, 0.25) is 0 Å². The summed E-state index contributed by atoms with van der Waals surface area (Å²) in [4.78, 5) is 30.4. The number of anilines is 1. The molecule has 2 amide bonds. The molecule has 0 saturated heterocycles. The summed E-state index contributed by atoms with van der Waals surface area (Å²) in [7, 11) is 1.58. The summed E-state index contributed by atoms with van der Waals surface area (Å²) in [6.07, 6.45) is 0. The van der Waals surface area contributed by atoms with E-state index in [2.05, 4.69) is 10.3 Å². The lowest BCUT2D eigenvalue weighted by Gasteiger charge is -2.23. The Hall–Kier alpha value is -3.77. The van der Waals surface area contributed by atoms with E-state index in [4.69, 9.17) is 16.3 Å². The first kappa shape index (κ1) is 21.5. The number of methoxy groups -OCH3 is 1. The molecule has 1 aromatic heterocycles. The van der Waals surface area contributed by atoms with Crippen LogP contribution in [0, 0.1) is 0 Å². The molecule has 162 valence electrons. The Morgan fingerprint density at radius 2 is 1.75 bits per heavy atom. The molecule has 6 nitrogen and oxygen atoms in total. The summed E-state index contributed by atoms with van der Waals surface area (Å²) in [6.45, 7) is 0.458. The first-order valence-electron chi connectivity index (χ1n) is 10.1. The highest BCUT2D eigenvalue weighted by Gasteiger charge is 2.18. The van der Waals surface area contributed by atoms with E-state index in [9.17, 15) is 9.59 Å². The fraction of sp³-hybridized carbons (Fsp3) is 0.120. The average Bonchev–Trinajstić information content (AvgIpc) is 2.81. The lowest BCUT2D eigenvalue weighted by molar-refractivity contribution is 0.206. The molecule has 0 aliphatic heterocycles. The number of aromatic amines is 1. The standard InChI is InChI=1S/C25H22ClN3O3/c1-32-20-12-11-18-13-19(24(30)27-23(18)14-20)16-29(15-17-7-3-2-4-8-17)25(31)28-22-10-6-5-9-21(22)26/h2-14H,15-16H2,1H3,(H,27,30)(H,28,31). The molecule has 7 heteroatoms. The van der Waals surface area contributed by atoms with E-state index in [1.807, 2.05) is 42.5 Å². The van der Waals surface area contributed by atoms with Crippen molar-refractivity contribution in [2.75, 3.05) is 12.4 Å². The van der Waals surface area contributed by atoms with E-state index in [0.29, 0.717) is 34.1 Å². The fourth-order valence-corrected chi connectivity index (χ4v) is 3.62. The van der Waals surface area contributed by atoms with Gasteiger partial charge in [0.05, 0.1) is 29.9 Å². The Morgan fingerprint density at radius 1 is 1.00 bits per heavy atom. The van der Waals surface area contributed by atoms with Crippen molar-refractivity contribution >= 4 is 34.2 Å². The second-order valence-corrected chi connectivity index (χ2v) is 7.74. The van der Waals surface area contributed by atoms with Gasteiger partial charge in [-0.1, -0.05) is 54.1 Å². The number of halogens is 1. The van der Waals surface area contributed by atoms with Gasteiger partial charge < -0.3 is 19.9 Å². The van der Waals surface area contributed by atoms with Gasteiger partial charge in [0.25, 0.3) is 5.56 Å². The molecule has 3 aromatic carbocycles. The molecule has 32 heavy (non-hydrogen) atoms. The molecule has 0 aliphatic rings. The Morgan fingerprint density at radius 3 is 2.50 bits per heavy atom. The molecule has 4 rings (SSSR count). The second kappa shape index (κ2) is 9.58. The van der Waals surface area contributed by atoms with Crippen molar-refractivity contribution in [3.8, 4) is 5.75 Å². The van der Waals surface area contributed by atoms with E-state index < -0.39 is 0 Å². The van der Waals surface area contributed by atoms with Gasteiger partial charge in [0, 0.05) is 18.2 Å². The van der Waals surface area contributed by atoms with Gasteiger partial charge in [-0.25, -0.2) is 4.79 Å². The molecule has 0 aliphatic carbocycles. The average molecular weight is 448 g/mol. The molecule has 2 N–H and O–H groups in total. The van der Waals surface area contributed by atoms with Crippen LogP contribution in [-0.2, 0) is 13.1 Å². The van der Waals surface area contributed by atoms with Crippen LogP contribution in [0.4, 0.5) is 10.5 Å². The number of pyridine rings is 1. The second-order valence-electron chi connectivity index (χ2n) is 7.33. The third-order valence-electron chi connectivity index (χ3n) is 5.11. The van der Waals surface area contributed by atoms with E-state index in [1.165, 1.54) is 0 Å². The molecule has 0 unspecified atom stereocenters. The number of hydrogen-bond acceptors (Lipinski definition) is 3. The van der Waals surface area contributed by atoms with Crippen molar-refractivity contribution in [2.45, 2.75) is 13.1 Å². The first-order chi connectivity index (χ1) is 15.5. The van der Waals surface area contributed by atoms with Gasteiger partial charge in [0.15, 0.2) is 0 Å². The molecule has 0 bridgehead atoms. The SMILES string of the molecule is COc1ccc2cc(CN(Cc3ccccc3)C(=O)Nc3ccccc3Cl)c(=O)[nH]c2c1. The summed E-state index contributed by atoms with van der Waals surface area (Å²) in [5.74, 6) is 0.658. The molecule has 0 radical (unpaired) electrons. The molecule has 0 fully saturated rings. The summed E-state index contributed by atoms with van der Waals surface area (Å²) >= 11 is 6.21. The third-order valence-corrected chi connectivity index (χ3v) is 5.44. The van der Waals surface area contributed by atoms with Crippen LogP contribution >= 0.6 is 11.6 Å². The van der Waals surface area contributed by atoms with Gasteiger partial charge in [0.1, 0.15) is 5.75 Å². The van der Waals surface area contributed by atoms with Gasteiger partial charge in [-0.2, -0.15) is 0 Å². The zero-order valence-electron chi connectivity index (χ0n) is 17.5. The van der Waals surface area contributed by atoms with Crippen molar-refractivity contribution in [1.29, 1.82) is 0 Å². The lowest BCUT2D eigenvalue weighted by Crippen LogP contribution is -2.35. The maximum atomic E-state index is 13.2. The van der Waals surface area contributed by atoms with Crippen LogP contribution in [0.1, 0.15) is 11.1 Å². The summed E-state index contributed by atoms with van der Waals surface area (Å²) in [5, 5.41) is 4.14. The van der Waals surface area contributed by atoms with Crippen LogP contribution < -0.4 is 15.6 Å². The number of para-hydroxylation sites is 1. The van der Waals surface area contributed by atoms with Gasteiger partial charge in [-0.15, -0.1) is 0 Å². The number of urea groups is 1. The van der Waals surface area contributed by atoms with Crippen LogP contribution in [-0.4, -0.2) is 23.0 Å². The minimum atomic E-state index is -0.351. The van der Waals surface area contributed by atoms with E-state index in [1.54, 1.807) is 48.4 Å². The minimum Gasteiger partial charge on any atom is -0.497 e. The van der Waals surface area contributed by atoms with Crippen molar-refractivity contribution in [3.05, 3.63) is 105 Å². The molecule has 1 heterocycles. The Labute approximate surface area is 190 Å². The zero-order chi connectivity index (χ0) is 22.5. The number of nitrogens with zero attached hydrogens (tertiary/aromatic N) is 1. The molecule has 0 atom stereocenters. The van der Waals surface area contributed by atoms with Crippen molar-refractivity contribution in [1.82, 2.24) is 9.88 Å². The number of fused-ring (bicyclic) bond motifs is 1. The van der Waals surface area contributed by atoms with Crippen molar-refractivity contribution < 1.29 is 9.53 Å². The van der Waals surface area contributed by atoms with Gasteiger partial charge in [-0.3, -0.25) is 4.79 Å². The number of aromatic nitrogens is 1. The number of amides is 2. The summed E-state index contributed by atoms with van der Waals surface area (Å²) < 4.78 is 5.23. The number of H-pyrrole nitrogens is 1. The van der Waals surface area contributed by atoms with E-state index in [-0.39, 0.29) is 18.1 Å². The monoisotopic (exact) mass is 447 g/mol. The van der Waals surface area contributed by atoms with Crippen molar-refractivity contribution in [3.63, 3.8) is 0 Å². The largest absolute Gasteiger partial charge is 0.497 e. The van der Waals surface area contributed by atoms with E-state index in [0.717, 1.165) is 10.9 Å². The molecule has 4 aromatic rings. The highest BCUT2D eigenvalue weighted by Crippen LogP contribution is 2.22. The van der Waals surface area contributed by atoms with Crippen LogP contribution in [0.25, 0.3) is 10.9 Å². The highest BCUT2D eigenvalue weighted by molar-refractivity contribution is 6.33. The number of carbonyl (C=O) groups is 1. The minimum absolute atomic E-state index is 0.127. The Kier molecular flexibility index (Phi) is 6.42. The summed E-state index contributed by atoms with van der Waals surface area (Å²) in [6, 6.07) is 23.6.